The van der Waals surface area contributed by atoms with Crippen LogP contribution in [0.2, 0.25) is 0 Å². The van der Waals surface area contributed by atoms with Crippen molar-refractivity contribution >= 4 is 8.53 Å². The van der Waals surface area contributed by atoms with Gasteiger partial charge in [-0.2, -0.15) is 5.26 Å². The average molecular weight is 835 g/mol. The number of aromatic amines is 1. The molecule has 13 heteroatoms. The van der Waals surface area contributed by atoms with Gasteiger partial charge in [0.25, 0.3) is 14.1 Å². The Morgan fingerprint density at radius 2 is 1.50 bits per heavy atom. The topological polar surface area (TPSA) is 137 Å². The van der Waals surface area contributed by atoms with E-state index in [4.69, 9.17) is 34.4 Å². The van der Waals surface area contributed by atoms with E-state index in [1.165, 1.54) is 10.8 Å². The van der Waals surface area contributed by atoms with Crippen molar-refractivity contribution in [3.8, 4) is 41.8 Å². The summed E-state index contributed by atoms with van der Waals surface area (Å²) in [4.78, 5) is 28.9. The van der Waals surface area contributed by atoms with Gasteiger partial charge in [-0.05, 0) is 81.5 Å². The van der Waals surface area contributed by atoms with Crippen LogP contribution in [-0.4, -0.2) is 65.9 Å². The maximum absolute atomic E-state index is 13.5. The van der Waals surface area contributed by atoms with E-state index < -0.39 is 43.8 Å². The molecular weight excluding hydrogens is 780 g/mol. The molecule has 0 saturated carbocycles. The number of ether oxygens (including phenoxy) is 4. The number of H-pyrrole nitrogens is 1. The maximum Gasteiger partial charge on any atom is 0.330 e. The van der Waals surface area contributed by atoms with E-state index in [0.29, 0.717) is 24.3 Å². The molecule has 1 N–H and O–H groups in total. The molecule has 0 radical (unpaired) electrons. The molecule has 5 rings (SSSR count). The molecule has 0 aliphatic carbocycles. The minimum absolute atomic E-state index is 0.00126. The van der Waals surface area contributed by atoms with Crippen molar-refractivity contribution in [1.29, 1.82) is 5.26 Å². The standard InChI is InChI=1S/C47H55N4O8P/c1-8-9-10-11-12-14-18-36-32-50(46(53)49-45(36)52)44-31-42(59-60(57-30-17-29-48)51(34(2)3)35(4)5)43(58-44)33-56-47(37-19-15-13-16-20-37,38-21-25-40(54-6)26-22-38)39-23-27-41(55-7)28-24-39/h1,13,15-16,19-28,32,34-35,42-44H,9-12,17,30-31,33H2,2-7H3,(H,49,52,53). The van der Waals surface area contributed by atoms with Crippen molar-refractivity contribution < 1.29 is 28.0 Å². The highest BCUT2D eigenvalue weighted by Gasteiger charge is 2.45. The summed E-state index contributed by atoms with van der Waals surface area (Å²) in [5, 5.41) is 9.38. The van der Waals surface area contributed by atoms with Crippen LogP contribution in [0.1, 0.15) is 94.7 Å². The predicted molar refractivity (Wildman–Crippen MR) is 232 cm³/mol. The number of unbranched alkanes of at least 4 members (excludes halogenated alkanes) is 3. The summed E-state index contributed by atoms with van der Waals surface area (Å²) in [5.41, 5.74) is 0.279. The number of terminal acetylenes is 1. The lowest BCUT2D eigenvalue weighted by Crippen LogP contribution is -2.39. The highest BCUT2D eigenvalue weighted by atomic mass is 31.2. The van der Waals surface area contributed by atoms with E-state index in [9.17, 15) is 14.9 Å². The lowest BCUT2D eigenvalue weighted by Gasteiger charge is -2.39. The van der Waals surface area contributed by atoms with Gasteiger partial charge in [-0.15, -0.1) is 12.3 Å². The van der Waals surface area contributed by atoms with E-state index in [1.54, 1.807) is 14.2 Å². The summed E-state index contributed by atoms with van der Waals surface area (Å²) < 4.78 is 41.9. The molecule has 316 valence electrons. The molecule has 0 spiro atoms. The van der Waals surface area contributed by atoms with E-state index in [2.05, 4.69) is 61.2 Å². The third kappa shape index (κ3) is 11.3. The monoisotopic (exact) mass is 834 g/mol. The molecule has 0 bridgehead atoms. The first-order chi connectivity index (χ1) is 29.1. The second-order valence-corrected chi connectivity index (χ2v) is 16.2. The van der Waals surface area contributed by atoms with Crippen LogP contribution in [0, 0.1) is 35.5 Å². The van der Waals surface area contributed by atoms with Crippen molar-refractivity contribution in [2.75, 3.05) is 27.4 Å². The molecule has 1 fully saturated rings. The largest absolute Gasteiger partial charge is 0.497 e. The van der Waals surface area contributed by atoms with E-state index >= 15 is 0 Å². The summed E-state index contributed by atoms with van der Waals surface area (Å²) >= 11 is 0. The van der Waals surface area contributed by atoms with Crippen molar-refractivity contribution in [2.45, 2.75) is 102 Å². The molecule has 1 saturated heterocycles. The smallest absolute Gasteiger partial charge is 0.330 e. The number of benzene rings is 3. The highest BCUT2D eigenvalue weighted by molar-refractivity contribution is 7.44. The van der Waals surface area contributed by atoms with Gasteiger partial charge in [0.2, 0.25) is 0 Å². The van der Waals surface area contributed by atoms with Crippen LogP contribution in [0.4, 0.5) is 0 Å². The lowest BCUT2D eigenvalue weighted by atomic mass is 9.80. The van der Waals surface area contributed by atoms with Gasteiger partial charge in [-0.3, -0.25) is 14.3 Å². The Balaban J connectivity index is 1.59. The summed E-state index contributed by atoms with van der Waals surface area (Å²) in [6.07, 6.45) is 7.80. The summed E-state index contributed by atoms with van der Waals surface area (Å²) in [5.74, 6) is 9.98. The van der Waals surface area contributed by atoms with Crippen LogP contribution >= 0.6 is 8.53 Å². The van der Waals surface area contributed by atoms with E-state index in [1.807, 2.05) is 78.9 Å². The fraction of sp³-hybridized carbons (Fsp3) is 0.426. The zero-order valence-electron chi connectivity index (χ0n) is 35.3. The van der Waals surface area contributed by atoms with Gasteiger partial charge < -0.3 is 28.0 Å². The molecule has 60 heavy (non-hydrogen) atoms. The predicted octanol–water partition coefficient (Wildman–Crippen LogP) is 8.06. The summed E-state index contributed by atoms with van der Waals surface area (Å²) in [6.45, 7) is 8.44. The Labute approximate surface area is 354 Å². The number of nitrogens with one attached hydrogen (secondary N) is 1. The van der Waals surface area contributed by atoms with Crippen molar-refractivity contribution in [2.24, 2.45) is 0 Å². The van der Waals surface area contributed by atoms with Crippen molar-refractivity contribution in [3.05, 3.63) is 128 Å². The fourth-order valence-corrected chi connectivity index (χ4v) is 8.97. The molecule has 1 aliphatic heterocycles. The van der Waals surface area contributed by atoms with Crippen LogP contribution in [0.25, 0.3) is 0 Å². The van der Waals surface area contributed by atoms with Gasteiger partial charge in [-0.1, -0.05) is 66.4 Å². The van der Waals surface area contributed by atoms with Crippen LogP contribution in [-0.2, 0) is 24.1 Å². The molecule has 2 heterocycles. The molecular formula is C47H55N4O8P. The van der Waals surface area contributed by atoms with Gasteiger partial charge >= 0.3 is 5.69 Å². The number of hydrogen-bond donors (Lipinski definition) is 1. The van der Waals surface area contributed by atoms with E-state index in [0.717, 1.165) is 29.5 Å². The quantitative estimate of drug-likeness (QED) is 0.0403. The van der Waals surface area contributed by atoms with E-state index in [-0.39, 0.29) is 43.7 Å². The molecule has 4 aromatic rings. The Hall–Kier alpha value is -5.22. The number of nitriles is 1. The molecule has 4 atom stereocenters. The van der Waals surface area contributed by atoms with Gasteiger partial charge in [0.05, 0.1) is 46.0 Å². The minimum atomic E-state index is -1.72. The van der Waals surface area contributed by atoms with Gasteiger partial charge in [-0.25, -0.2) is 9.46 Å². The number of aromatic nitrogens is 2. The van der Waals surface area contributed by atoms with Gasteiger partial charge in [0.15, 0.2) is 0 Å². The van der Waals surface area contributed by atoms with Crippen LogP contribution in [0.15, 0.2) is 94.6 Å². The zero-order chi connectivity index (χ0) is 43.1. The molecule has 4 unspecified atom stereocenters. The first-order valence-electron chi connectivity index (χ1n) is 20.2. The van der Waals surface area contributed by atoms with Crippen LogP contribution in [0.5, 0.6) is 11.5 Å². The Kier molecular flexibility index (Phi) is 17.1. The summed E-state index contributed by atoms with van der Waals surface area (Å²) in [6, 6.07) is 27.6. The lowest BCUT2D eigenvalue weighted by molar-refractivity contribution is -0.0925. The van der Waals surface area contributed by atoms with Gasteiger partial charge in [0, 0.05) is 37.5 Å². The number of hydrogen-bond acceptors (Lipinski definition) is 10. The third-order valence-electron chi connectivity index (χ3n) is 10.1. The minimum Gasteiger partial charge on any atom is -0.497 e. The van der Waals surface area contributed by atoms with Crippen LogP contribution in [0.3, 0.4) is 0 Å². The second kappa shape index (κ2) is 22.4. The molecule has 0 amide bonds. The molecule has 12 nitrogen and oxygen atoms in total. The Morgan fingerprint density at radius 3 is 2.07 bits per heavy atom. The Bertz CT molecular complexity index is 2180. The SMILES string of the molecule is C#CCCCCC#Cc1cn(C2CC(OP(OCCC#N)N(C(C)C)C(C)C)C(COC(c3ccccc3)(c3ccc(OC)cc3)c3ccc(OC)cc3)O2)c(=O)[nH]c1=O. The third-order valence-corrected chi connectivity index (χ3v) is 12.2. The first kappa shape index (κ1) is 45.9. The normalized spacial score (nSPS) is 16.9. The number of rotatable bonds is 20. The molecule has 1 aromatic heterocycles. The van der Waals surface area contributed by atoms with Crippen LogP contribution < -0.4 is 20.7 Å². The Morgan fingerprint density at radius 1 is 0.900 bits per heavy atom. The highest BCUT2D eigenvalue weighted by Crippen LogP contribution is 2.50. The summed E-state index contributed by atoms with van der Waals surface area (Å²) in [7, 11) is 1.53. The molecule has 1 aliphatic rings. The van der Waals surface area contributed by atoms with Gasteiger partial charge in [0.1, 0.15) is 35.0 Å². The second-order valence-electron chi connectivity index (χ2n) is 14.8. The van der Waals surface area contributed by atoms with Crippen molar-refractivity contribution in [1.82, 2.24) is 14.2 Å². The molecule has 3 aromatic carbocycles. The number of methoxy groups -OCH3 is 2. The average Bonchev–Trinajstić information content (AvgIpc) is 3.65. The maximum atomic E-state index is 13.5. The first-order valence-corrected chi connectivity index (χ1v) is 21.4. The number of nitrogens with zero attached hydrogens (tertiary/aromatic N) is 3. The zero-order valence-corrected chi connectivity index (χ0v) is 36.2. The van der Waals surface area contributed by atoms with Crippen molar-refractivity contribution in [3.63, 3.8) is 0 Å². The fourth-order valence-electron chi connectivity index (χ4n) is 7.21.